The van der Waals surface area contributed by atoms with Crippen LogP contribution in [0.5, 0.6) is 0 Å². The number of piperidine rings is 1. The molecule has 0 aromatic rings. The van der Waals surface area contributed by atoms with Crippen molar-refractivity contribution < 1.29 is 0 Å². The number of nitrogens with zero attached hydrogens (tertiary/aromatic N) is 1. The van der Waals surface area contributed by atoms with E-state index in [1.165, 1.54) is 45.2 Å². The molecule has 2 heteroatoms. The van der Waals surface area contributed by atoms with Crippen LogP contribution in [0.1, 0.15) is 59.8 Å². The van der Waals surface area contributed by atoms with E-state index in [0.29, 0.717) is 16.9 Å². The summed E-state index contributed by atoms with van der Waals surface area (Å²) in [5.41, 5.74) is 1.05. The standard InChI is InChI=1S/C18H34N2/c1-13(14-7-6-10-20(5)12-14)19-16-17(2,3)15-8-9-18(16,4)11-15/h13-16,19H,6-12H2,1-5H3. The molecule has 2 nitrogen and oxygen atoms in total. The van der Waals surface area contributed by atoms with Crippen molar-refractivity contribution in [2.75, 3.05) is 20.1 Å². The normalized spacial score (nSPS) is 45.8. The lowest BCUT2D eigenvalue weighted by atomic mass is 9.68. The molecule has 0 amide bonds. The van der Waals surface area contributed by atoms with Crippen molar-refractivity contribution in [1.82, 2.24) is 10.2 Å². The highest BCUT2D eigenvalue weighted by Crippen LogP contribution is 2.62. The quantitative estimate of drug-likeness (QED) is 0.850. The number of nitrogens with one attached hydrogen (secondary N) is 1. The van der Waals surface area contributed by atoms with Gasteiger partial charge in [0.05, 0.1) is 0 Å². The molecule has 2 saturated carbocycles. The van der Waals surface area contributed by atoms with Gasteiger partial charge in [0.1, 0.15) is 0 Å². The summed E-state index contributed by atoms with van der Waals surface area (Å²) in [6.07, 6.45) is 7.14. The van der Waals surface area contributed by atoms with E-state index < -0.39 is 0 Å². The van der Waals surface area contributed by atoms with Gasteiger partial charge in [-0.2, -0.15) is 0 Å². The maximum atomic E-state index is 4.10. The zero-order chi connectivity index (χ0) is 14.5. The maximum Gasteiger partial charge on any atom is 0.0177 e. The number of hydrogen-bond acceptors (Lipinski definition) is 2. The molecule has 0 aromatic carbocycles. The molecule has 0 radical (unpaired) electrons. The Bertz CT molecular complexity index is 360. The first-order valence-corrected chi connectivity index (χ1v) is 8.77. The molecule has 0 spiro atoms. The lowest BCUT2D eigenvalue weighted by molar-refractivity contribution is 0.0805. The Kier molecular flexibility index (Phi) is 3.70. The topological polar surface area (TPSA) is 15.3 Å². The van der Waals surface area contributed by atoms with Crippen LogP contribution in [-0.2, 0) is 0 Å². The van der Waals surface area contributed by atoms with Gasteiger partial charge in [0.15, 0.2) is 0 Å². The van der Waals surface area contributed by atoms with Gasteiger partial charge in [-0.05, 0) is 75.3 Å². The summed E-state index contributed by atoms with van der Waals surface area (Å²) in [5, 5.41) is 4.10. The van der Waals surface area contributed by atoms with Crippen molar-refractivity contribution in [2.24, 2.45) is 22.7 Å². The van der Waals surface area contributed by atoms with E-state index in [4.69, 9.17) is 0 Å². The Morgan fingerprint density at radius 2 is 1.95 bits per heavy atom. The molecule has 0 aromatic heterocycles. The van der Waals surface area contributed by atoms with Crippen molar-refractivity contribution in [3.8, 4) is 0 Å². The second-order valence-electron chi connectivity index (χ2n) is 8.97. The van der Waals surface area contributed by atoms with Crippen LogP contribution >= 0.6 is 0 Å². The van der Waals surface area contributed by atoms with E-state index in [1.807, 2.05) is 0 Å². The smallest absolute Gasteiger partial charge is 0.0177 e. The molecule has 116 valence electrons. The van der Waals surface area contributed by atoms with Crippen molar-refractivity contribution in [2.45, 2.75) is 71.9 Å². The molecule has 2 aliphatic carbocycles. The molecule has 1 aliphatic heterocycles. The van der Waals surface area contributed by atoms with Crippen LogP contribution in [-0.4, -0.2) is 37.1 Å². The lowest BCUT2D eigenvalue weighted by Gasteiger charge is -2.46. The van der Waals surface area contributed by atoms with Gasteiger partial charge in [0, 0.05) is 18.6 Å². The summed E-state index contributed by atoms with van der Waals surface area (Å²) >= 11 is 0. The summed E-state index contributed by atoms with van der Waals surface area (Å²) in [4.78, 5) is 2.51. The van der Waals surface area contributed by atoms with Gasteiger partial charge < -0.3 is 10.2 Å². The van der Waals surface area contributed by atoms with E-state index in [9.17, 15) is 0 Å². The van der Waals surface area contributed by atoms with Gasteiger partial charge in [0.2, 0.25) is 0 Å². The molecule has 2 bridgehead atoms. The molecule has 3 rings (SSSR count). The largest absolute Gasteiger partial charge is 0.310 e. The molecular weight excluding hydrogens is 244 g/mol. The monoisotopic (exact) mass is 278 g/mol. The van der Waals surface area contributed by atoms with E-state index in [2.05, 4.69) is 45.0 Å². The third-order valence-corrected chi connectivity index (χ3v) is 7.07. The van der Waals surface area contributed by atoms with Gasteiger partial charge in [-0.15, -0.1) is 0 Å². The van der Waals surface area contributed by atoms with E-state index in [1.54, 1.807) is 0 Å². The third-order valence-electron chi connectivity index (χ3n) is 7.07. The van der Waals surface area contributed by atoms with Gasteiger partial charge >= 0.3 is 0 Å². The summed E-state index contributed by atoms with van der Waals surface area (Å²) in [7, 11) is 2.28. The van der Waals surface area contributed by atoms with Gasteiger partial charge in [-0.3, -0.25) is 0 Å². The van der Waals surface area contributed by atoms with E-state index >= 15 is 0 Å². The van der Waals surface area contributed by atoms with Crippen LogP contribution in [0.4, 0.5) is 0 Å². The van der Waals surface area contributed by atoms with E-state index in [0.717, 1.165) is 17.9 Å². The van der Waals surface area contributed by atoms with Gasteiger partial charge in [-0.1, -0.05) is 20.8 Å². The zero-order valence-corrected chi connectivity index (χ0v) is 14.2. The Labute approximate surface area is 125 Å². The Balaban J connectivity index is 1.67. The van der Waals surface area contributed by atoms with Gasteiger partial charge in [-0.25, -0.2) is 0 Å². The van der Waals surface area contributed by atoms with Crippen LogP contribution in [0.25, 0.3) is 0 Å². The summed E-state index contributed by atoms with van der Waals surface area (Å²) in [6.45, 7) is 12.6. The average molecular weight is 278 g/mol. The summed E-state index contributed by atoms with van der Waals surface area (Å²) in [5.74, 6) is 1.79. The molecule has 3 fully saturated rings. The minimum atomic E-state index is 0.488. The van der Waals surface area contributed by atoms with Crippen LogP contribution in [0.2, 0.25) is 0 Å². The first kappa shape index (κ1) is 14.8. The fraction of sp³-hybridized carbons (Fsp3) is 1.00. The van der Waals surface area contributed by atoms with Crippen LogP contribution in [0, 0.1) is 22.7 Å². The molecule has 1 saturated heterocycles. The van der Waals surface area contributed by atoms with Crippen molar-refractivity contribution >= 4 is 0 Å². The van der Waals surface area contributed by atoms with Crippen molar-refractivity contribution in [3.05, 3.63) is 0 Å². The molecule has 1 N–H and O–H groups in total. The Hall–Kier alpha value is -0.0800. The molecule has 3 aliphatic rings. The average Bonchev–Trinajstić information content (AvgIpc) is 2.85. The van der Waals surface area contributed by atoms with Crippen LogP contribution < -0.4 is 5.32 Å². The SMILES string of the molecule is CC(NC1C2(C)CCC(C2)C1(C)C)C1CCCN(C)C1. The molecule has 5 atom stereocenters. The Morgan fingerprint density at radius 3 is 2.55 bits per heavy atom. The summed E-state index contributed by atoms with van der Waals surface area (Å²) < 4.78 is 0. The molecular formula is C18H34N2. The predicted molar refractivity (Wildman–Crippen MR) is 85.8 cm³/mol. The second kappa shape index (κ2) is 4.98. The molecule has 20 heavy (non-hydrogen) atoms. The third kappa shape index (κ3) is 2.33. The maximum absolute atomic E-state index is 4.10. The van der Waals surface area contributed by atoms with Crippen LogP contribution in [0.3, 0.4) is 0 Å². The van der Waals surface area contributed by atoms with Gasteiger partial charge in [0.25, 0.3) is 0 Å². The first-order valence-electron chi connectivity index (χ1n) is 8.77. The Morgan fingerprint density at radius 1 is 1.20 bits per heavy atom. The number of rotatable bonds is 3. The number of hydrogen-bond donors (Lipinski definition) is 1. The second-order valence-corrected chi connectivity index (χ2v) is 8.97. The summed E-state index contributed by atoms with van der Waals surface area (Å²) in [6, 6.07) is 1.38. The highest BCUT2D eigenvalue weighted by Gasteiger charge is 2.59. The zero-order valence-electron chi connectivity index (χ0n) is 14.2. The molecule has 1 heterocycles. The first-order chi connectivity index (χ1) is 9.33. The number of fused-ring (bicyclic) bond motifs is 2. The molecule has 5 unspecified atom stereocenters. The van der Waals surface area contributed by atoms with E-state index in [-0.39, 0.29) is 0 Å². The lowest BCUT2D eigenvalue weighted by Crippen LogP contribution is -2.56. The highest BCUT2D eigenvalue weighted by molar-refractivity contribution is 5.12. The minimum absolute atomic E-state index is 0.488. The fourth-order valence-corrected chi connectivity index (χ4v) is 5.73. The van der Waals surface area contributed by atoms with Crippen molar-refractivity contribution in [1.29, 1.82) is 0 Å². The number of likely N-dealkylation sites (tertiary alicyclic amines) is 1. The fourth-order valence-electron chi connectivity index (χ4n) is 5.73. The highest BCUT2D eigenvalue weighted by atomic mass is 15.1. The van der Waals surface area contributed by atoms with Crippen molar-refractivity contribution in [3.63, 3.8) is 0 Å². The minimum Gasteiger partial charge on any atom is -0.310 e. The van der Waals surface area contributed by atoms with Crippen LogP contribution in [0.15, 0.2) is 0 Å². The predicted octanol–water partition coefficient (Wildman–Crippen LogP) is 3.52.